The van der Waals surface area contributed by atoms with Crippen molar-refractivity contribution in [3.05, 3.63) is 63.1 Å². The van der Waals surface area contributed by atoms with Gasteiger partial charge in [-0.05, 0) is 42.5 Å². The van der Waals surface area contributed by atoms with Gasteiger partial charge in [-0.1, -0.05) is 34.8 Å². The Bertz CT molecular complexity index is 961. The van der Waals surface area contributed by atoms with Crippen LogP contribution < -0.4 is 0 Å². The number of carbonyl (C=O) groups is 2. The fourth-order valence-corrected chi connectivity index (χ4v) is 3.79. The summed E-state index contributed by atoms with van der Waals surface area (Å²) < 4.78 is 30.5. The van der Waals surface area contributed by atoms with Gasteiger partial charge in [-0.25, -0.2) is 8.42 Å². The molecule has 2 rings (SSSR count). The molecule has 0 bridgehead atoms. The predicted octanol–water partition coefficient (Wildman–Crippen LogP) is 3.69. The molecule has 0 aliphatic carbocycles. The van der Waals surface area contributed by atoms with Crippen LogP contribution in [0.15, 0.2) is 47.4 Å². The van der Waals surface area contributed by atoms with Crippen LogP contribution >= 0.6 is 34.8 Å². The minimum Gasteiger partial charge on any atom is -0.456 e. The van der Waals surface area contributed by atoms with E-state index in [1.165, 1.54) is 49.5 Å². The monoisotopic (exact) mass is 449 g/mol. The Morgan fingerprint density at radius 3 is 2.19 bits per heavy atom. The molecule has 0 atom stereocenters. The third-order valence-electron chi connectivity index (χ3n) is 3.47. The second-order valence-electron chi connectivity index (χ2n) is 5.42. The number of likely N-dealkylation sites (N-methyl/N-ethyl adjacent to an activating group) is 1. The first-order valence-electron chi connectivity index (χ1n) is 7.47. The molecule has 0 amide bonds. The Morgan fingerprint density at radius 2 is 1.59 bits per heavy atom. The minimum atomic E-state index is -3.90. The van der Waals surface area contributed by atoms with Crippen molar-refractivity contribution in [1.29, 1.82) is 0 Å². The predicted molar refractivity (Wildman–Crippen MR) is 103 cm³/mol. The molecular weight excluding hydrogens is 437 g/mol. The van der Waals surface area contributed by atoms with Gasteiger partial charge < -0.3 is 4.74 Å². The maximum absolute atomic E-state index is 12.4. The second-order valence-corrected chi connectivity index (χ2v) is 8.75. The fourth-order valence-electron chi connectivity index (χ4n) is 2.04. The van der Waals surface area contributed by atoms with E-state index in [9.17, 15) is 18.0 Å². The molecule has 10 heteroatoms. The van der Waals surface area contributed by atoms with E-state index >= 15 is 0 Å². The Labute approximate surface area is 171 Å². The van der Waals surface area contributed by atoms with E-state index in [1.54, 1.807) is 0 Å². The van der Waals surface area contributed by atoms with E-state index in [-0.39, 0.29) is 15.5 Å². The number of rotatable bonds is 7. The molecule has 0 radical (unpaired) electrons. The van der Waals surface area contributed by atoms with Crippen LogP contribution in [0.25, 0.3) is 0 Å². The Balaban J connectivity index is 1.96. The van der Waals surface area contributed by atoms with Gasteiger partial charge in [0.2, 0.25) is 15.8 Å². The highest BCUT2D eigenvalue weighted by molar-refractivity contribution is 7.89. The van der Waals surface area contributed by atoms with Crippen molar-refractivity contribution in [2.45, 2.75) is 4.90 Å². The molecular formula is C17H14Cl3NO5S. The molecule has 0 unspecified atom stereocenters. The zero-order chi connectivity index (χ0) is 20.2. The number of carbonyl (C=O) groups excluding carboxylic acids is 2. The van der Waals surface area contributed by atoms with Crippen LogP contribution in [0.1, 0.15) is 10.4 Å². The average molecular weight is 451 g/mol. The van der Waals surface area contributed by atoms with E-state index in [1.807, 2.05) is 0 Å². The summed E-state index contributed by atoms with van der Waals surface area (Å²) in [5.74, 6) is -1.42. The van der Waals surface area contributed by atoms with Crippen molar-refractivity contribution in [2.24, 2.45) is 0 Å². The second kappa shape index (κ2) is 9.03. The quantitative estimate of drug-likeness (QED) is 0.475. The van der Waals surface area contributed by atoms with E-state index < -0.39 is 34.9 Å². The van der Waals surface area contributed by atoms with Gasteiger partial charge in [0.25, 0.3) is 0 Å². The summed E-state index contributed by atoms with van der Waals surface area (Å²) in [5.41, 5.74) is 0.149. The zero-order valence-corrected chi connectivity index (χ0v) is 17.1. The summed E-state index contributed by atoms with van der Waals surface area (Å²) in [6, 6.07) is 9.79. The van der Waals surface area contributed by atoms with Crippen molar-refractivity contribution in [3.8, 4) is 0 Å². The summed E-state index contributed by atoms with van der Waals surface area (Å²) in [4.78, 5) is 24.0. The highest BCUT2D eigenvalue weighted by Gasteiger charge is 2.24. The molecule has 2 aromatic carbocycles. The minimum absolute atomic E-state index is 0.0220. The number of hydrogen-bond donors (Lipinski definition) is 0. The summed E-state index contributed by atoms with van der Waals surface area (Å²) in [6.45, 7) is -1.14. The van der Waals surface area contributed by atoms with Crippen LogP contribution in [0, 0.1) is 0 Å². The normalized spacial score (nSPS) is 11.4. The number of ether oxygens (including phenoxy) is 1. The Kier molecular flexibility index (Phi) is 7.25. The van der Waals surface area contributed by atoms with Crippen LogP contribution in [0.2, 0.25) is 15.1 Å². The topological polar surface area (TPSA) is 80.8 Å². The zero-order valence-electron chi connectivity index (χ0n) is 14.0. The van der Waals surface area contributed by atoms with Crippen LogP contribution in [-0.4, -0.2) is 44.7 Å². The van der Waals surface area contributed by atoms with Gasteiger partial charge in [-0.15, -0.1) is 0 Å². The number of esters is 1. The standard InChI is InChI=1S/C17H14Cl3NO5S/c1-21(27(24,25)13-5-2-11(18)3-6-13)9-17(23)26-10-16(22)14-7-4-12(19)8-15(14)20/h2-8H,9-10H2,1H3. The van der Waals surface area contributed by atoms with Crippen molar-refractivity contribution >= 4 is 56.6 Å². The van der Waals surface area contributed by atoms with Crippen LogP contribution in [0.4, 0.5) is 0 Å². The number of Topliss-reactive ketones (excluding diaryl/α,β-unsaturated/α-hetero) is 1. The highest BCUT2D eigenvalue weighted by atomic mass is 35.5. The molecule has 2 aromatic rings. The number of benzene rings is 2. The number of sulfonamides is 1. The maximum atomic E-state index is 12.4. The maximum Gasteiger partial charge on any atom is 0.321 e. The van der Waals surface area contributed by atoms with Crippen LogP contribution in [0.3, 0.4) is 0 Å². The molecule has 0 fully saturated rings. The fraction of sp³-hybridized carbons (Fsp3) is 0.176. The van der Waals surface area contributed by atoms with Gasteiger partial charge in [0.15, 0.2) is 6.61 Å². The molecule has 0 spiro atoms. The van der Waals surface area contributed by atoms with Crippen LogP contribution in [0.5, 0.6) is 0 Å². The van der Waals surface area contributed by atoms with Gasteiger partial charge in [0.05, 0.1) is 9.92 Å². The third-order valence-corrected chi connectivity index (χ3v) is 6.09. The molecule has 144 valence electrons. The van der Waals surface area contributed by atoms with Gasteiger partial charge in [0.1, 0.15) is 6.54 Å². The molecule has 0 aliphatic heterocycles. The van der Waals surface area contributed by atoms with E-state index in [0.717, 1.165) is 4.31 Å². The Hall–Kier alpha value is -1.64. The summed E-state index contributed by atoms with van der Waals surface area (Å²) in [6.07, 6.45) is 0. The van der Waals surface area contributed by atoms with Crippen molar-refractivity contribution in [2.75, 3.05) is 20.2 Å². The first-order valence-corrected chi connectivity index (χ1v) is 10.0. The average Bonchev–Trinajstić information content (AvgIpc) is 2.60. The lowest BCUT2D eigenvalue weighted by Gasteiger charge is -2.16. The Morgan fingerprint density at radius 1 is 1.00 bits per heavy atom. The molecule has 27 heavy (non-hydrogen) atoms. The third kappa shape index (κ3) is 5.67. The molecule has 0 aliphatic rings. The highest BCUT2D eigenvalue weighted by Crippen LogP contribution is 2.21. The van der Waals surface area contributed by atoms with Crippen molar-refractivity contribution in [1.82, 2.24) is 4.31 Å². The molecule has 0 heterocycles. The van der Waals surface area contributed by atoms with Crippen LogP contribution in [-0.2, 0) is 19.6 Å². The first kappa shape index (κ1) is 21.7. The molecule has 0 aromatic heterocycles. The van der Waals surface area contributed by atoms with Gasteiger partial charge in [0, 0.05) is 22.7 Å². The van der Waals surface area contributed by atoms with Gasteiger partial charge in [-0.3, -0.25) is 9.59 Å². The first-order chi connectivity index (χ1) is 12.6. The number of nitrogens with zero attached hydrogens (tertiary/aromatic N) is 1. The van der Waals surface area contributed by atoms with E-state index in [2.05, 4.69) is 0 Å². The summed E-state index contributed by atoms with van der Waals surface area (Å²) >= 11 is 17.4. The van der Waals surface area contributed by atoms with Crippen molar-refractivity contribution < 1.29 is 22.7 Å². The largest absolute Gasteiger partial charge is 0.456 e. The van der Waals surface area contributed by atoms with Gasteiger partial charge in [-0.2, -0.15) is 4.31 Å². The summed E-state index contributed by atoms with van der Waals surface area (Å²) in [7, 11) is -2.67. The SMILES string of the molecule is CN(CC(=O)OCC(=O)c1ccc(Cl)cc1Cl)S(=O)(=O)c1ccc(Cl)cc1. The van der Waals surface area contributed by atoms with E-state index in [0.29, 0.717) is 10.0 Å². The molecule has 0 saturated heterocycles. The summed E-state index contributed by atoms with van der Waals surface area (Å²) in [5, 5.41) is 0.879. The molecule has 0 N–H and O–H groups in total. The number of halogens is 3. The van der Waals surface area contributed by atoms with E-state index in [4.69, 9.17) is 39.5 Å². The number of ketones is 1. The lowest BCUT2D eigenvalue weighted by atomic mass is 10.1. The molecule has 6 nitrogen and oxygen atoms in total. The lowest BCUT2D eigenvalue weighted by Crippen LogP contribution is -2.33. The number of hydrogen-bond acceptors (Lipinski definition) is 5. The lowest BCUT2D eigenvalue weighted by molar-refractivity contribution is -0.142. The molecule has 0 saturated carbocycles. The van der Waals surface area contributed by atoms with Crippen molar-refractivity contribution in [3.63, 3.8) is 0 Å². The van der Waals surface area contributed by atoms with Gasteiger partial charge >= 0.3 is 5.97 Å². The smallest absolute Gasteiger partial charge is 0.321 e.